The number of anilines is 2. The molecule has 1 aliphatic rings. The summed E-state index contributed by atoms with van der Waals surface area (Å²) in [4.78, 5) is 15.5. The van der Waals surface area contributed by atoms with Gasteiger partial charge in [0.15, 0.2) is 0 Å². The Hall–Kier alpha value is -2.22. The second-order valence-electron chi connectivity index (χ2n) is 7.34. The van der Waals surface area contributed by atoms with Gasteiger partial charge in [-0.2, -0.15) is 13.2 Å². The molecule has 1 N–H and O–H groups in total. The van der Waals surface area contributed by atoms with Gasteiger partial charge in [0.1, 0.15) is 17.5 Å². The number of aromatic nitrogens is 3. The van der Waals surface area contributed by atoms with Crippen molar-refractivity contribution in [3.63, 3.8) is 0 Å². The van der Waals surface area contributed by atoms with Crippen LogP contribution in [0.1, 0.15) is 55.6 Å². The van der Waals surface area contributed by atoms with Crippen molar-refractivity contribution < 1.29 is 13.2 Å². The van der Waals surface area contributed by atoms with E-state index in [1.165, 1.54) is 0 Å². The number of alkyl halides is 3. The van der Waals surface area contributed by atoms with Crippen LogP contribution in [0.25, 0.3) is 0 Å². The summed E-state index contributed by atoms with van der Waals surface area (Å²) in [6.07, 6.45) is -1.13. The van der Waals surface area contributed by atoms with Crippen molar-refractivity contribution >= 4 is 11.6 Å². The van der Waals surface area contributed by atoms with Gasteiger partial charge in [-0.3, -0.25) is 0 Å². The molecule has 3 rings (SSSR count). The molecule has 1 fully saturated rings. The number of rotatable bonds is 4. The molecule has 1 unspecified atom stereocenters. The molecule has 27 heavy (non-hydrogen) atoms. The fourth-order valence-electron chi connectivity index (χ4n) is 3.23. The molecule has 8 heteroatoms. The number of halogens is 3. The third-order valence-corrected chi connectivity index (χ3v) is 4.67. The smallest absolute Gasteiger partial charge is 0.325 e. The average molecular weight is 379 g/mol. The zero-order valence-corrected chi connectivity index (χ0v) is 15.7. The molecule has 2 aromatic heterocycles. The number of piperidine rings is 1. The number of pyridine rings is 1. The van der Waals surface area contributed by atoms with Crippen LogP contribution in [0.4, 0.5) is 24.8 Å². The normalized spacial score (nSPS) is 18.7. The van der Waals surface area contributed by atoms with Gasteiger partial charge in [0.05, 0.1) is 11.3 Å². The third-order valence-electron chi connectivity index (χ3n) is 4.67. The van der Waals surface area contributed by atoms with E-state index < -0.39 is 11.7 Å². The minimum absolute atomic E-state index is 0.112. The lowest BCUT2D eigenvalue weighted by Gasteiger charge is -2.29. The summed E-state index contributed by atoms with van der Waals surface area (Å²) in [5.74, 6) is 1.67. The van der Waals surface area contributed by atoms with Crippen LogP contribution in [0.3, 0.4) is 0 Å². The number of likely N-dealkylation sites (tertiary alicyclic amines) is 1. The molecule has 0 aliphatic carbocycles. The molecule has 0 bridgehead atoms. The summed E-state index contributed by atoms with van der Waals surface area (Å²) >= 11 is 0. The predicted octanol–water partition coefficient (Wildman–Crippen LogP) is 4.57. The number of hydrogen-bond acceptors (Lipinski definition) is 5. The lowest BCUT2D eigenvalue weighted by atomic mass is 9.94. The maximum absolute atomic E-state index is 12.9. The average Bonchev–Trinajstić information content (AvgIpc) is 2.61. The van der Waals surface area contributed by atoms with Gasteiger partial charge in [0.2, 0.25) is 0 Å². The molecule has 0 aromatic carbocycles. The van der Waals surface area contributed by atoms with Crippen molar-refractivity contribution in [3.8, 4) is 0 Å². The van der Waals surface area contributed by atoms with Crippen molar-refractivity contribution in [3.05, 3.63) is 41.5 Å². The van der Waals surface area contributed by atoms with Gasteiger partial charge >= 0.3 is 6.18 Å². The van der Waals surface area contributed by atoms with Gasteiger partial charge in [-0.25, -0.2) is 15.0 Å². The molecule has 0 radical (unpaired) electrons. The molecule has 1 aliphatic heterocycles. The molecule has 0 saturated carbocycles. The van der Waals surface area contributed by atoms with Crippen LogP contribution < -0.4 is 5.32 Å². The van der Waals surface area contributed by atoms with Gasteiger partial charge in [-0.15, -0.1) is 0 Å². The molecule has 0 amide bonds. The van der Waals surface area contributed by atoms with Crippen molar-refractivity contribution in [2.45, 2.75) is 44.7 Å². The molecule has 2 aromatic rings. The van der Waals surface area contributed by atoms with Crippen LogP contribution in [-0.2, 0) is 6.18 Å². The van der Waals surface area contributed by atoms with Crippen LogP contribution >= 0.6 is 0 Å². The second-order valence-corrected chi connectivity index (χ2v) is 7.34. The monoisotopic (exact) mass is 379 g/mol. The molecule has 1 saturated heterocycles. The Bertz CT molecular complexity index is 791. The SMILES string of the molecule is CC(C)c1nc(Nc2cc(C(F)(F)F)ccn2)cc(C2CCCN(C)C2)n1. The Balaban J connectivity index is 1.91. The highest BCUT2D eigenvalue weighted by Crippen LogP contribution is 2.31. The number of hydrogen-bond donors (Lipinski definition) is 1. The van der Waals surface area contributed by atoms with E-state index in [4.69, 9.17) is 4.98 Å². The first kappa shape index (κ1) is 19.5. The predicted molar refractivity (Wildman–Crippen MR) is 98.1 cm³/mol. The van der Waals surface area contributed by atoms with E-state index in [1.54, 1.807) is 0 Å². The highest BCUT2D eigenvalue weighted by molar-refractivity contribution is 5.53. The van der Waals surface area contributed by atoms with E-state index in [1.807, 2.05) is 19.9 Å². The first-order valence-corrected chi connectivity index (χ1v) is 9.10. The summed E-state index contributed by atoms with van der Waals surface area (Å²) in [5, 5.41) is 2.93. The Kier molecular flexibility index (Phi) is 5.64. The molecular formula is C19H24F3N5. The van der Waals surface area contributed by atoms with Gasteiger partial charge < -0.3 is 10.2 Å². The Morgan fingerprint density at radius 3 is 2.63 bits per heavy atom. The Morgan fingerprint density at radius 2 is 1.96 bits per heavy atom. The second kappa shape index (κ2) is 7.80. The van der Waals surface area contributed by atoms with Crippen molar-refractivity contribution in [2.75, 3.05) is 25.5 Å². The van der Waals surface area contributed by atoms with E-state index in [2.05, 4.69) is 27.2 Å². The van der Waals surface area contributed by atoms with Crippen LogP contribution in [0.15, 0.2) is 24.4 Å². The minimum Gasteiger partial charge on any atom is -0.325 e. The quantitative estimate of drug-likeness (QED) is 0.844. The standard InChI is InChI=1S/C19H24F3N5/c1-12(2)18-24-15(13-5-4-8-27(3)11-13)10-17(26-18)25-16-9-14(6-7-23-16)19(20,21)22/h6-7,9-10,12-13H,4-5,8,11H2,1-3H3,(H,23,24,25,26). The van der Waals surface area contributed by atoms with Crippen LogP contribution in [0, 0.1) is 0 Å². The fourth-order valence-corrected chi connectivity index (χ4v) is 3.23. The van der Waals surface area contributed by atoms with Crippen LogP contribution in [-0.4, -0.2) is 40.0 Å². The van der Waals surface area contributed by atoms with Crippen molar-refractivity contribution in [2.24, 2.45) is 0 Å². The van der Waals surface area contributed by atoms with E-state index >= 15 is 0 Å². The highest BCUT2D eigenvalue weighted by Gasteiger charge is 2.30. The fraction of sp³-hybridized carbons (Fsp3) is 0.526. The molecular weight excluding hydrogens is 355 g/mol. The largest absolute Gasteiger partial charge is 0.416 e. The summed E-state index contributed by atoms with van der Waals surface area (Å²) in [6.45, 7) is 5.98. The zero-order chi connectivity index (χ0) is 19.6. The lowest BCUT2D eigenvalue weighted by Crippen LogP contribution is -2.31. The number of nitrogens with one attached hydrogen (secondary N) is 1. The van der Waals surface area contributed by atoms with E-state index in [0.29, 0.717) is 17.6 Å². The van der Waals surface area contributed by atoms with E-state index in [9.17, 15) is 13.2 Å². The maximum Gasteiger partial charge on any atom is 0.416 e. The number of nitrogens with zero attached hydrogens (tertiary/aromatic N) is 4. The summed E-state index contributed by atoms with van der Waals surface area (Å²) in [7, 11) is 2.09. The van der Waals surface area contributed by atoms with E-state index in [-0.39, 0.29) is 11.7 Å². The molecule has 3 heterocycles. The van der Waals surface area contributed by atoms with Crippen LogP contribution in [0.2, 0.25) is 0 Å². The summed E-state index contributed by atoms with van der Waals surface area (Å²) < 4.78 is 38.8. The molecule has 146 valence electrons. The van der Waals surface area contributed by atoms with Crippen molar-refractivity contribution in [1.82, 2.24) is 19.9 Å². The molecule has 0 spiro atoms. The summed E-state index contributed by atoms with van der Waals surface area (Å²) in [5.41, 5.74) is 0.182. The maximum atomic E-state index is 12.9. The zero-order valence-electron chi connectivity index (χ0n) is 15.7. The Labute approximate surface area is 157 Å². The first-order chi connectivity index (χ1) is 12.7. The lowest BCUT2D eigenvalue weighted by molar-refractivity contribution is -0.137. The van der Waals surface area contributed by atoms with Gasteiger partial charge in [0.25, 0.3) is 0 Å². The van der Waals surface area contributed by atoms with Gasteiger partial charge in [0, 0.05) is 30.6 Å². The van der Waals surface area contributed by atoms with E-state index in [0.717, 1.165) is 50.0 Å². The third kappa shape index (κ3) is 4.94. The molecule has 5 nitrogen and oxygen atoms in total. The number of likely N-dealkylation sites (N-methyl/N-ethyl adjacent to an activating group) is 1. The minimum atomic E-state index is -4.41. The van der Waals surface area contributed by atoms with Gasteiger partial charge in [-0.1, -0.05) is 13.8 Å². The first-order valence-electron chi connectivity index (χ1n) is 9.10. The molecule has 1 atom stereocenters. The Morgan fingerprint density at radius 1 is 1.19 bits per heavy atom. The van der Waals surface area contributed by atoms with Gasteiger partial charge in [-0.05, 0) is 38.6 Å². The highest BCUT2D eigenvalue weighted by atomic mass is 19.4. The topological polar surface area (TPSA) is 53.9 Å². The van der Waals surface area contributed by atoms with Crippen LogP contribution in [0.5, 0.6) is 0 Å². The summed E-state index contributed by atoms with van der Waals surface area (Å²) in [6, 6.07) is 3.77. The van der Waals surface area contributed by atoms with Crippen molar-refractivity contribution in [1.29, 1.82) is 0 Å².